The van der Waals surface area contributed by atoms with Crippen LogP contribution in [0, 0.1) is 0 Å². The van der Waals surface area contributed by atoms with Gasteiger partial charge in [0.25, 0.3) is 0 Å². The van der Waals surface area contributed by atoms with E-state index in [1.54, 1.807) is 0 Å². The Morgan fingerprint density at radius 3 is 1.69 bits per heavy atom. The molecule has 2 heteroatoms. The molecule has 0 saturated carbocycles. The van der Waals surface area contributed by atoms with Gasteiger partial charge in [-0.25, -0.2) is 0 Å². The van der Waals surface area contributed by atoms with Gasteiger partial charge >= 0.3 is 0 Å². The van der Waals surface area contributed by atoms with E-state index < -0.39 is 0 Å². The Morgan fingerprint density at radius 1 is 0.875 bits per heavy atom. The molecule has 0 aliphatic heterocycles. The van der Waals surface area contributed by atoms with Crippen LogP contribution in [0.1, 0.15) is 26.7 Å². The lowest BCUT2D eigenvalue weighted by molar-refractivity contribution is 0.756. The number of rotatable bonds is 2. The summed E-state index contributed by atoms with van der Waals surface area (Å²) in [5.74, 6) is 0. The van der Waals surface area contributed by atoms with Crippen LogP contribution in [0.2, 0.25) is 0 Å². The van der Waals surface area contributed by atoms with Gasteiger partial charge in [0.2, 0.25) is 0 Å². The van der Waals surface area contributed by atoms with Gasteiger partial charge in [-0.05, 0) is 37.8 Å². The van der Waals surface area contributed by atoms with Crippen molar-refractivity contribution in [2.75, 3.05) is 0 Å². The van der Waals surface area contributed by atoms with Gasteiger partial charge in [-0.3, -0.25) is 0 Å². The third-order valence-corrected chi connectivity index (χ3v) is 3.04. The van der Waals surface area contributed by atoms with Crippen molar-refractivity contribution >= 4 is 0 Å². The fraction of sp³-hybridized carbons (Fsp3) is 0.429. The van der Waals surface area contributed by atoms with E-state index in [2.05, 4.69) is 60.5 Å². The third-order valence-electron chi connectivity index (χ3n) is 3.04. The van der Waals surface area contributed by atoms with Gasteiger partial charge in [0.1, 0.15) is 12.1 Å². The minimum Gasteiger partial charge on any atom is -0.181 e. The molecule has 16 heavy (non-hydrogen) atoms. The van der Waals surface area contributed by atoms with Crippen molar-refractivity contribution in [3.63, 3.8) is 0 Å². The fourth-order valence-electron chi connectivity index (χ4n) is 1.87. The molecule has 2 aliphatic carbocycles. The lowest BCUT2D eigenvalue weighted by Gasteiger charge is -2.14. The van der Waals surface area contributed by atoms with E-state index in [0.29, 0.717) is 0 Å². The molecule has 0 saturated heterocycles. The molecule has 2 unspecified atom stereocenters. The van der Waals surface area contributed by atoms with Crippen molar-refractivity contribution in [2.24, 2.45) is 10.2 Å². The van der Waals surface area contributed by atoms with Crippen molar-refractivity contribution in [3.05, 3.63) is 47.6 Å². The average Bonchev–Trinajstić information content (AvgIpc) is 2.30. The zero-order valence-corrected chi connectivity index (χ0v) is 9.93. The quantitative estimate of drug-likeness (QED) is 0.490. The van der Waals surface area contributed by atoms with Crippen molar-refractivity contribution in [2.45, 2.75) is 38.8 Å². The molecule has 0 aromatic rings. The maximum Gasteiger partial charge on any atom is 0.110 e. The van der Waals surface area contributed by atoms with E-state index in [0.717, 1.165) is 12.8 Å². The minimum absolute atomic E-state index is 0.150. The van der Waals surface area contributed by atoms with E-state index in [1.165, 1.54) is 11.1 Å². The maximum atomic E-state index is 4.42. The van der Waals surface area contributed by atoms with E-state index in [9.17, 15) is 0 Å². The normalized spacial score (nSPS) is 29.4. The Bertz CT molecular complexity index is 359. The molecule has 2 aliphatic rings. The highest BCUT2D eigenvalue weighted by molar-refractivity contribution is 5.24. The molecule has 0 aromatic heterocycles. The molecule has 2 rings (SSSR count). The van der Waals surface area contributed by atoms with Crippen LogP contribution >= 0.6 is 0 Å². The van der Waals surface area contributed by atoms with Crippen LogP contribution in [0.4, 0.5) is 0 Å². The first-order chi connectivity index (χ1) is 7.77. The molecule has 0 amide bonds. The Morgan fingerprint density at radius 2 is 1.31 bits per heavy atom. The van der Waals surface area contributed by atoms with E-state index in [-0.39, 0.29) is 12.1 Å². The highest BCUT2D eigenvalue weighted by atomic mass is 15.1. The molecule has 0 heterocycles. The zero-order valence-electron chi connectivity index (χ0n) is 9.93. The van der Waals surface area contributed by atoms with Crippen LogP contribution in [0.15, 0.2) is 57.8 Å². The zero-order chi connectivity index (χ0) is 11.4. The summed E-state index contributed by atoms with van der Waals surface area (Å²) in [7, 11) is 0. The lowest BCUT2D eigenvalue weighted by Crippen LogP contribution is -2.08. The Labute approximate surface area is 97.2 Å². The molecule has 0 bridgehead atoms. The Kier molecular flexibility index (Phi) is 3.50. The molecule has 0 N–H and O–H groups in total. The van der Waals surface area contributed by atoms with Crippen LogP contribution in [0.3, 0.4) is 0 Å². The molecule has 0 radical (unpaired) electrons. The smallest absolute Gasteiger partial charge is 0.110 e. The minimum atomic E-state index is 0.150. The van der Waals surface area contributed by atoms with Crippen LogP contribution in [0.25, 0.3) is 0 Å². The third kappa shape index (κ3) is 2.57. The molecule has 0 aromatic carbocycles. The number of hydrogen-bond donors (Lipinski definition) is 0. The standard InChI is InChI=1S/C14H18N2/c1-11-7-3-5-9-13(11)15-16-14-10-6-4-8-12(14)2/h5-10,13-14H,3-4H2,1-2H3. The van der Waals surface area contributed by atoms with E-state index >= 15 is 0 Å². The largest absolute Gasteiger partial charge is 0.181 e. The highest BCUT2D eigenvalue weighted by Gasteiger charge is 2.11. The van der Waals surface area contributed by atoms with E-state index in [4.69, 9.17) is 0 Å². The number of allylic oxidation sites excluding steroid dienone is 4. The van der Waals surface area contributed by atoms with Gasteiger partial charge in [0, 0.05) is 0 Å². The second-order valence-corrected chi connectivity index (χ2v) is 4.34. The van der Waals surface area contributed by atoms with Gasteiger partial charge in [0.05, 0.1) is 0 Å². The molecule has 2 atom stereocenters. The van der Waals surface area contributed by atoms with Crippen LogP contribution < -0.4 is 0 Å². The van der Waals surface area contributed by atoms with Gasteiger partial charge in [-0.15, -0.1) is 0 Å². The molecule has 2 nitrogen and oxygen atoms in total. The molecule has 0 fully saturated rings. The second kappa shape index (κ2) is 5.06. The van der Waals surface area contributed by atoms with Crippen LogP contribution in [-0.2, 0) is 0 Å². The first-order valence-corrected chi connectivity index (χ1v) is 5.84. The lowest BCUT2D eigenvalue weighted by atomic mass is 10.0. The SMILES string of the molecule is CC1=CCC=CC1N=NC1C=CCC=C1C. The van der Waals surface area contributed by atoms with Gasteiger partial charge < -0.3 is 0 Å². The summed E-state index contributed by atoms with van der Waals surface area (Å²) in [6, 6.07) is 0.300. The summed E-state index contributed by atoms with van der Waals surface area (Å²) in [5.41, 5.74) is 2.60. The monoisotopic (exact) mass is 214 g/mol. The van der Waals surface area contributed by atoms with Crippen molar-refractivity contribution in [1.82, 2.24) is 0 Å². The summed E-state index contributed by atoms with van der Waals surface area (Å²) in [5, 5.41) is 8.83. The first kappa shape index (κ1) is 11.1. The van der Waals surface area contributed by atoms with Gasteiger partial charge in [0.15, 0.2) is 0 Å². The first-order valence-electron chi connectivity index (χ1n) is 5.84. The summed E-state index contributed by atoms with van der Waals surface area (Å²) in [4.78, 5) is 0. The van der Waals surface area contributed by atoms with E-state index in [1.807, 2.05) is 0 Å². The molecule has 0 spiro atoms. The topological polar surface area (TPSA) is 24.7 Å². The summed E-state index contributed by atoms with van der Waals surface area (Å²) < 4.78 is 0. The predicted octanol–water partition coefficient (Wildman–Crippen LogP) is 3.99. The second-order valence-electron chi connectivity index (χ2n) is 4.34. The van der Waals surface area contributed by atoms with Crippen molar-refractivity contribution in [3.8, 4) is 0 Å². The van der Waals surface area contributed by atoms with Crippen molar-refractivity contribution in [1.29, 1.82) is 0 Å². The van der Waals surface area contributed by atoms with Gasteiger partial charge in [-0.2, -0.15) is 10.2 Å². The predicted molar refractivity (Wildman–Crippen MR) is 67.5 cm³/mol. The highest BCUT2D eigenvalue weighted by Crippen LogP contribution is 2.19. The summed E-state index contributed by atoms with van der Waals surface area (Å²) in [6.45, 7) is 4.24. The number of nitrogens with zero attached hydrogens (tertiary/aromatic N) is 2. The fourth-order valence-corrected chi connectivity index (χ4v) is 1.87. The summed E-state index contributed by atoms with van der Waals surface area (Å²) >= 11 is 0. The Hall–Kier alpha value is -1.44. The average molecular weight is 214 g/mol. The molecule has 84 valence electrons. The van der Waals surface area contributed by atoms with Gasteiger partial charge in [-0.1, -0.05) is 36.5 Å². The van der Waals surface area contributed by atoms with Crippen molar-refractivity contribution < 1.29 is 0 Å². The molecular formula is C14H18N2. The Balaban J connectivity index is 2.03. The number of hydrogen-bond acceptors (Lipinski definition) is 2. The summed E-state index contributed by atoms with van der Waals surface area (Å²) in [6.07, 6.45) is 15.0. The molecular weight excluding hydrogens is 196 g/mol. The maximum absolute atomic E-state index is 4.42. The number of azo groups is 1. The van der Waals surface area contributed by atoms with Crippen LogP contribution in [0.5, 0.6) is 0 Å². The van der Waals surface area contributed by atoms with Crippen LogP contribution in [-0.4, -0.2) is 12.1 Å².